The van der Waals surface area contributed by atoms with Crippen molar-refractivity contribution in [2.75, 3.05) is 6.54 Å². The molecule has 86 valence electrons. The molecule has 0 aliphatic heterocycles. The van der Waals surface area contributed by atoms with E-state index in [1.165, 1.54) is 16.0 Å². The van der Waals surface area contributed by atoms with E-state index in [0.717, 1.165) is 12.3 Å². The van der Waals surface area contributed by atoms with Crippen molar-refractivity contribution in [2.24, 2.45) is 0 Å². The lowest BCUT2D eigenvalue weighted by Gasteiger charge is -2.16. The van der Waals surface area contributed by atoms with Gasteiger partial charge in [-0.25, -0.2) is 0 Å². The van der Waals surface area contributed by atoms with Gasteiger partial charge in [-0.05, 0) is 49.0 Å². The van der Waals surface area contributed by atoms with Crippen LogP contribution in [0.3, 0.4) is 0 Å². The van der Waals surface area contributed by atoms with Crippen LogP contribution in [0.1, 0.15) is 34.7 Å². The maximum absolute atomic E-state index is 5.60. The summed E-state index contributed by atoms with van der Waals surface area (Å²) in [6.07, 6.45) is 1.76. The van der Waals surface area contributed by atoms with Crippen LogP contribution in [0.4, 0.5) is 0 Å². The first-order chi connectivity index (χ1) is 7.74. The van der Waals surface area contributed by atoms with Gasteiger partial charge in [-0.3, -0.25) is 0 Å². The fourth-order valence-electron chi connectivity index (χ4n) is 1.92. The van der Waals surface area contributed by atoms with E-state index in [9.17, 15) is 0 Å². The van der Waals surface area contributed by atoms with Crippen LogP contribution in [0, 0.1) is 13.8 Å². The van der Waals surface area contributed by atoms with Crippen LogP contribution < -0.4 is 5.32 Å². The van der Waals surface area contributed by atoms with E-state index >= 15 is 0 Å². The Hall–Kier alpha value is -1.06. The summed E-state index contributed by atoms with van der Waals surface area (Å²) in [6.45, 7) is 7.29. The van der Waals surface area contributed by atoms with E-state index in [0.29, 0.717) is 0 Å². The average Bonchev–Trinajstić information content (AvgIpc) is 2.84. The van der Waals surface area contributed by atoms with Crippen molar-refractivity contribution >= 4 is 11.3 Å². The Morgan fingerprint density at radius 2 is 2.19 bits per heavy atom. The fraction of sp³-hybridized carbons (Fsp3) is 0.385. The van der Waals surface area contributed by atoms with Crippen LogP contribution in [0.15, 0.2) is 28.2 Å². The molecule has 0 saturated heterocycles. The molecule has 2 aromatic rings. The van der Waals surface area contributed by atoms with Gasteiger partial charge in [-0.1, -0.05) is 6.92 Å². The van der Waals surface area contributed by atoms with Gasteiger partial charge in [-0.15, -0.1) is 11.3 Å². The van der Waals surface area contributed by atoms with Crippen molar-refractivity contribution < 1.29 is 4.42 Å². The summed E-state index contributed by atoms with van der Waals surface area (Å²) in [6, 6.07) is 4.38. The van der Waals surface area contributed by atoms with Crippen molar-refractivity contribution in [3.8, 4) is 0 Å². The van der Waals surface area contributed by atoms with E-state index in [1.54, 1.807) is 17.6 Å². The SMILES string of the molecule is CCNC(c1ccsc1C)c1occc1C. The summed E-state index contributed by atoms with van der Waals surface area (Å²) in [5.74, 6) is 1.03. The molecule has 0 radical (unpaired) electrons. The fourth-order valence-corrected chi connectivity index (χ4v) is 2.66. The standard InChI is InChI=1S/C13H17NOS/c1-4-14-12(11-6-8-16-10(11)3)13-9(2)5-7-15-13/h5-8,12,14H,4H2,1-3H3. The predicted molar refractivity (Wildman–Crippen MR) is 68.0 cm³/mol. The Morgan fingerprint density at radius 1 is 1.38 bits per heavy atom. The molecule has 0 bridgehead atoms. The Balaban J connectivity index is 2.39. The van der Waals surface area contributed by atoms with Gasteiger partial charge >= 0.3 is 0 Å². The molecule has 0 aliphatic rings. The number of thiophene rings is 1. The zero-order valence-electron chi connectivity index (χ0n) is 9.91. The van der Waals surface area contributed by atoms with Gasteiger partial charge in [0.05, 0.1) is 12.3 Å². The molecular formula is C13H17NOS. The first-order valence-corrected chi connectivity index (χ1v) is 6.43. The molecule has 0 aliphatic carbocycles. The Morgan fingerprint density at radius 3 is 2.69 bits per heavy atom. The number of aryl methyl sites for hydroxylation is 2. The molecule has 2 nitrogen and oxygen atoms in total. The summed E-state index contributed by atoms with van der Waals surface area (Å²) in [5, 5.41) is 5.61. The minimum Gasteiger partial charge on any atom is -0.467 e. The van der Waals surface area contributed by atoms with Gasteiger partial charge in [0.25, 0.3) is 0 Å². The first-order valence-electron chi connectivity index (χ1n) is 5.55. The van der Waals surface area contributed by atoms with E-state index in [2.05, 4.69) is 37.5 Å². The molecule has 0 amide bonds. The van der Waals surface area contributed by atoms with E-state index in [-0.39, 0.29) is 6.04 Å². The maximum atomic E-state index is 5.60. The summed E-state index contributed by atoms with van der Waals surface area (Å²) in [5.41, 5.74) is 2.53. The van der Waals surface area contributed by atoms with Crippen molar-refractivity contribution in [3.05, 3.63) is 45.5 Å². The third-order valence-corrected chi connectivity index (χ3v) is 3.64. The number of hydrogen-bond donors (Lipinski definition) is 1. The summed E-state index contributed by atoms with van der Waals surface area (Å²) in [7, 11) is 0. The predicted octanol–water partition coefficient (Wildman–Crippen LogP) is 3.66. The zero-order chi connectivity index (χ0) is 11.5. The van der Waals surface area contributed by atoms with Gasteiger partial charge in [0.1, 0.15) is 5.76 Å². The van der Waals surface area contributed by atoms with Crippen molar-refractivity contribution in [2.45, 2.75) is 26.8 Å². The number of hydrogen-bond acceptors (Lipinski definition) is 3. The number of furan rings is 1. The molecule has 0 spiro atoms. The van der Waals surface area contributed by atoms with Crippen molar-refractivity contribution in [1.82, 2.24) is 5.32 Å². The molecule has 1 atom stereocenters. The lowest BCUT2D eigenvalue weighted by atomic mass is 10.0. The van der Waals surface area contributed by atoms with Crippen LogP contribution in [0.2, 0.25) is 0 Å². The van der Waals surface area contributed by atoms with Gasteiger partial charge < -0.3 is 9.73 Å². The van der Waals surface area contributed by atoms with Gasteiger partial charge in [0.15, 0.2) is 0 Å². The van der Waals surface area contributed by atoms with Crippen LogP contribution in [0.5, 0.6) is 0 Å². The molecule has 0 fully saturated rings. The van der Waals surface area contributed by atoms with Gasteiger partial charge in [-0.2, -0.15) is 0 Å². The molecule has 16 heavy (non-hydrogen) atoms. The van der Waals surface area contributed by atoms with E-state index < -0.39 is 0 Å². The minimum absolute atomic E-state index is 0.186. The monoisotopic (exact) mass is 235 g/mol. The highest BCUT2D eigenvalue weighted by molar-refractivity contribution is 7.10. The topological polar surface area (TPSA) is 25.2 Å². The van der Waals surface area contributed by atoms with Crippen LogP contribution in [-0.2, 0) is 0 Å². The molecule has 2 aromatic heterocycles. The Labute approximate surface area is 100 Å². The highest BCUT2D eigenvalue weighted by atomic mass is 32.1. The minimum atomic E-state index is 0.186. The molecule has 2 rings (SSSR count). The summed E-state index contributed by atoms with van der Waals surface area (Å²) < 4.78 is 5.60. The van der Waals surface area contributed by atoms with Crippen LogP contribution in [0.25, 0.3) is 0 Å². The molecule has 1 N–H and O–H groups in total. The first kappa shape index (κ1) is 11.4. The second-order valence-electron chi connectivity index (χ2n) is 3.89. The molecule has 3 heteroatoms. The Kier molecular flexibility index (Phi) is 3.46. The highest BCUT2D eigenvalue weighted by Crippen LogP contribution is 2.30. The average molecular weight is 235 g/mol. The molecule has 1 unspecified atom stereocenters. The zero-order valence-corrected chi connectivity index (χ0v) is 10.7. The summed E-state index contributed by atoms with van der Waals surface area (Å²) >= 11 is 1.78. The third kappa shape index (κ3) is 2.06. The molecule has 0 saturated carbocycles. The normalized spacial score (nSPS) is 12.9. The third-order valence-electron chi connectivity index (χ3n) is 2.78. The second-order valence-corrected chi connectivity index (χ2v) is 5.01. The maximum Gasteiger partial charge on any atom is 0.128 e. The van der Waals surface area contributed by atoms with E-state index in [1.807, 2.05) is 6.07 Å². The number of nitrogens with one attached hydrogen (secondary N) is 1. The molecule has 0 aromatic carbocycles. The number of rotatable bonds is 4. The summed E-state index contributed by atoms with van der Waals surface area (Å²) in [4.78, 5) is 1.35. The molecule has 2 heterocycles. The lowest BCUT2D eigenvalue weighted by molar-refractivity contribution is 0.449. The van der Waals surface area contributed by atoms with E-state index in [4.69, 9.17) is 4.42 Å². The van der Waals surface area contributed by atoms with Crippen LogP contribution >= 0.6 is 11.3 Å². The van der Waals surface area contributed by atoms with Gasteiger partial charge in [0.2, 0.25) is 0 Å². The van der Waals surface area contributed by atoms with Crippen molar-refractivity contribution in [1.29, 1.82) is 0 Å². The molecular weight excluding hydrogens is 218 g/mol. The Bertz CT molecular complexity index is 418. The smallest absolute Gasteiger partial charge is 0.128 e. The second kappa shape index (κ2) is 4.85. The quantitative estimate of drug-likeness (QED) is 0.875. The largest absolute Gasteiger partial charge is 0.467 e. The lowest BCUT2D eigenvalue weighted by Crippen LogP contribution is -2.22. The van der Waals surface area contributed by atoms with Gasteiger partial charge in [0, 0.05) is 4.88 Å². The van der Waals surface area contributed by atoms with Crippen LogP contribution in [-0.4, -0.2) is 6.54 Å². The van der Waals surface area contributed by atoms with Crippen molar-refractivity contribution in [3.63, 3.8) is 0 Å². The highest BCUT2D eigenvalue weighted by Gasteiger charge is 2.20.